The Morgan fingerprint density at radius 3 is 1.12 bits per heavy atom. The maximum absolute atomic E-state index is 14.1. The zero-order valence-corrected chi connectivity index (χ0v) is 69.0. The van der Waals surface area contributed by atoms with E-state index in [0.29, 0.717) is 55.7 Å². The molecule has 2 aliphatic heterocycles. The second kappa shape index (κ2) is 47.9. The zero-order chi connectivity index (χ0) is 82.2. The van der Waals surface area contributed by atoms with Gasteiger partial charge in [-0.3, -0.25) is 59.1 Å². The van der Waals surface area contributed by atoms with Gasteiger partial charge in [-0.2, -0.15) is 0 Å². The molecule has 0 atom stereocenters. The van der Waals surface area contributed by atoms with Crippen molar-refractivity contribution >= 4 is 43.5 Å². The third-order valence-electron chi connectivity index (χ3n) is 20.7. The number of methoxy groups -OCH3 is 4. The van der Waals surface area contributed by atoms with Crippen molar-refractivity contribution in [3.05, 3.63) is 306 Å². The van der Waals surface area contributed by atoms with Gasteiger partial charge >= 0.3 is 11.9 Å². The van der Waals surface area contributed by atoms with Gasteiger partial charge in [-0.15, -0.1) is 0 Å². The summed E-state index contributed by atoms with van der Waals surface area (Å²) >= 11 is 0. The Hall–Kier alpha value is -10.9. The van der Waals surface area contributed by atoms with E-state index >= 15 is 0 Å². The Balaban J connectivity index is 0.000000215. The summed E-state index contributed by atoms with van der Waals surface area (Å²) in [5, 5.41) is 3.04. The van der Waals surface area contributed by atoms with Crippen LogP contribution in [0.2, 0.25) is 0 Å². The number of rotatable bonds is 39. The second-order valence-electron chi connectivity index (χ2n) is 28.9. The number of nitrogens with zero attached hydrogens (tertiary/aromatic N) is 9. The SMILES string of the molecule is COc1ccc(CN(CC(=O)OC(CCCc2cccnc2)CCCc2cccnc2)CC(=O)N2CCN(C(c3ccccc3)c3ccccc3)CC2)cc1OC.COc1ccc(S(=O)(=O)Cl)cc1OC.O=C(CNCC(=O)N1CCN(C(c2ccccc2)c2ccccc2)CC1)OC(CCCc1cccnc1)CCCc1cccnc1. The van der Waals surface area contributed by atoms with Gasteiger partial charge in [-0.05, 0) is 176 Å². The van der Waals surface area contributed by atoms with Crippen LogP contribution in [-0.4, -0.2) is 196 Å². The number of piperazine rings is 2. The second-order valence-corrected chi connectivity index (χ2v) is 31.5. The molecule has 0 saturated carbocycles. The summed E-state index contributed by atoms with van der Waals surface area (Å²) in [5.74, 6) is 1.33. The van der Waals surface area contributed by atoms with Crippen LogP contribution in [0.5, 0.6) is 23.0 Å². The highest BCUT2D eigenvalue weighted by atomic mass is 35.7. The van der Waals surface area contributed by atoms with E-state index < -0.39 is 9.05 Å². The normalized spacial score (nSPS) is 13.1. The fourth-order valence-electron chi connectivity index (χ4n) is 14.8. The van der Waals surface area contributed by atoms with E-state index in [2.05, 4.69) is 156 Å². The van der Waals surface area contributed by atoms with Crippen molar-refractivity contribution < 1.29 is 56.0 Å². The molecule has 4 aromatic heterocycles. The van der Waals surface area contributed by atoms with Crippen molar-refractivity contribution in [3.8, 4) is 23.0 Å². The quantitative estimate of drug-likeness (QED) is 0.0278. The van der Waals surface area contributed by atoms with Gasteiger partial charge < -0.3 is 38.2 Å². The predicted octanol–water partition coefficient (Wildman–Crippen LogP) is 14.1. The molecule has 22 nitrogen and oxygen atoms in total. The fourth-order valence-corrected chi connectivity index (χ4v) is 15.5. The summed E-state index contributed by atoms with van der Waals surface area (Å²) < 4.78 is 55.0. The van der Waals surface area contributed by atoms with E-state index in [1.807, 2.05) is 106 Å². The van der Waals surface area contributed by atoms with Crippen molar-refractivity contribution in [1.82, 2.24) is 49.8 Å². The van der Waals surface area contributed by atoms with Crippen LogP contribution in [0.3, 0.4) is 0 Å². The third-order valence-corrected chi connectivity index (χ3v) is 22.1. The van der Waals surface area contributed by atoms with Crippen molar-refractivity contribution in [2.45, 2.75) is 113 Å². The number of halogens is 1. The maximum atomic E-state index is 14.1. The minimum atomic E-state index is -3.72. The lowest BCUT2D eigenvalue weighted by Crippen LogP contribution is -2.52. The molecule has 616 valence electrons. The van der Waals surface area contributed by atoms with E-state index in [1.54, 1.807) is 39.0 Å². The number of benzene rings is 6. The van der Waals surface area contributed by atoms with Gasteiger partial charge in [0.25, 0.3) is 9.05 Å². The number of nitrogens with one attached hydrogen (secondary N) is 1. The topological polar surface area (TPSA) is 238 Å². The molecule has 0 unspecified atom stereocenters. The molecule has 6 aromatic carbocycles. The van der Waals surface area contributed by atoms with Gasteiger partial charge in [-0.25, -0.2) is 8.42 Å². The van der Waals surface area contributed by atoms with Gasteiger partial charge in [0.05, 0.1) is 71.6 Å². The van der Waals surface area contributed by atoms with Gasteiger partial charge in [0, 0.05) is 125 Å². The van der Waals surface area contributed by atoms with Gasteiger partial charge in [0.1, 0.15) is 12.2 Å². The van der Waals surface area contributed by atoms with Crippen molar-refractivity contribution in [2.75, 3.05) is 107 Å². The average molecular weight is 1630 g/mol. The molecule has 0 aliphatic carbocycles. The smallest absolute Gasteiger partial charge is 0.320 e. The lowest BCUT2D eigenvalue weighted by molar-refractivity contribution is -0.152. The molecule has 12 rings (SSSR count). The number of hydrogen-bond acceptors (Lipinski definition) is 20. The van der Waals surface area contributed by atoms with Crippen LogP contribution < -0.4 is 24.3 Å². The summed E-state index contributed by atoms with van der Waals surface area (Å²) in [5.41, 5.74) is 10.5. The van der Waals surface area contributed by atoms with E-state index in [-0.39, 0.29) is 79.1 Å². The first kappa shape index (κ1) is 88.4. The number of amides is 2. The van der Waals surface area contributed by atoms with E-state index in [4.69, 9.17) is 39.1 Å². The van der Waals surface area contributed by atoms with Crippen LogP contribution in [0.1, 0.15) is 114 Å². The van der Waals surface area contributed by atoms with E-state index in [1.165, 1.54) is 65.8 Å². The molecule has 1 N–H and O–H groups in total. The Kier molecular flexibility index (Phi) is 36.2. The molecule has 0 radical (unpaired) electrons. The molecule has 117 heavy (non-hydrogen) atoms. The Morgan fingerprint density at radius 2 is 0.761 bits per heavy atom. The average Bonchev–Trinajstić information content (AvgIpc) is 0.823. The van der Waals surface area contributed by atoms with Gasteiger partial charge in [-0.1, -0.05) is 152 Å². The molecule has 6 heterocycles. The molecule has 2 amide bonds. The van der Waals surface area contributed by atoms with E-state index in [9.17, 15) is 27.6 Å². The number of esters is 2. The number of hydrogen-bond donors (Lipinski definition) is 1. The van der Waals surface area contributed by atoms with Crippen LogP contribution in [0, 0.1) is 0 Å². The first-order valence-corrected chi connectivity index (χ1v) is 42.4. The lowest BCUT2D eigenvalue weighted by Gasteiger charge is -2.40. The minimum absolute atomic E-state index is 0.00733. The van der Waals surface area contributed by atoms with Crippen LogP contribution in [0.4, 0.5) is 0 Å². The molecule has 2 fully saturated rings. The maximum Gasteiger partial charge on any atom is 0.320 e. The van der Waals surface area contributed by atoms with Crippen molar-refractivity contribution in [2.24, 2.45) is 0 Å². The standard InChI is InChI=1S/C47H55N5O5.C38H45N5O3.C8H9ClO4S/c1-55-43-24-23-39(31-44(43)56-2)34-50(35-45(53)51-27-29-52(30-28-51)47(40-17-5-3-6-18-40)41-19-7-4-8-20-41)36-46(54)57-42(21-9-13-37-15-11-25-48-32-37)22-10-14-38-16-12-26-49-33-38;44-36(42-23-25-43(26-24-42)38(33-15-3-1-4-16-33)34-17-5-2-6-18-34)29-41-30-37(45)46-35(19-7-11-31-13-9-21-39-27-31)20-8-12-32-14-10-22-40-28-32;1-12-7-4-3-6(14(9,10)11)5-8(7)13-2/h3-8,11-12,15-20,23-26,31-33,42,47H,9-10,13-14,21-22,27-30,34-36H2,1-2H3;1-6,9-10,13-18,21-22,27-28,35,38,41H,7-8,11-12,19-20,23-26,29-30H2;3-5H,1-2H3. The molecule has 2 saturated heterocycles. The van der Waals surface area contributed by atoms with Crippen LogP contribution in [0.15, 0.2) is 261 Å². The van der Waals surface area contributed by atoms with Crippen LogP contribution >= 0.6 is 10.7 Å². The monoisotopic (exact) mass is 1620 g/mol. The predicted molar refractivity (Wildman–Crippen MR) is 454 cm³/mol. The molecule has 0 spiro atoms. The number of aromatic nitrogens is 4. The molecule has 2 aliphatic rings. The van der Waals surface area contributed by atoms with Crippen LogP contribution in [0.25, 0.3) is 0 Å². The highest BCUT2D eigenvalue weighted by Gasteiger charge is 2.32. The molecule has 10 aromatic rings. The fraction of sp³-hybridized carbons (Fsp3) is 0.355. The van der Waals surface area contributed by atoms with Crippen molar-refractivity contribution in [1.29, 1.82) is 0 Å². The Labute approximate surface area is 693 Å². The summed E-state index contributed by atoms with van der Waals surface area (Å²) in [6.07, 6.45) is 24.3. The first-order chi connectivity index (χ1) is 57.1. The minimum Gasteiger partial charge on any atom is -0.493 e. The number of aryl methyl sites for hydroxylation is 4. The van der Waals surface area contributed by atoms with E-state index in [0.717, 1.165) is 120 Å². The molecular weight excluding hydrogens is 1520 g/mol. The number of pyridine rings is 4. The number of carbonyl (C=O) groups excluding carboxylic acids is 4. The molecular formula is C93H109ClN10O12S. The summed E-state index contributed by atoms with van der Waals surface area (Å²) in [7, 11) is 7.52. The Bertz CT molecular complexity index is 4520. The molecule has 0 bridgehead atoms. The first-order valence-electron chi connectivity index (χ1n) is 40.1. The molecule has 24 heteroatoms. The van der Waals surface area contributed by atoms with Crippen LogP contribution in [-0.2, 0) is 69.9 Å². The highest BCUT2D eigenvalue weighted by Crippen LogP contribution is 2.34. The lowest BCUT2D eigenvalue weighted by atomic mass is 9.96. The summed E-state index contributed by atoms with van der Waals surface area (Å²) in [6, 6.07) is 68.3. The van der Waals surface area contributed by atoms with Crippen molar-refractivity contribution in [3.63, 3.8) is 0 Å². The summed E-state index contributed by atoms with van der Waals surface area (Å²) in [4.78, 5) is 81.2. The summed E-state index contributed by atoms with van der Waals surface area (Å²) in [6.45, 7) is 6.06. The highest BCUT2D eigenvalue weighted by molar-refractivity contribution is 8.13. The number of carbonyl (C=O) groups is 4. The van der Waals surface area contributed by atoms with Gasteiger partial charge in [0.15, 0.2) is 23.0 Å². The Morgan fingerprint density at radius 1 is 0.402 bits per heavy atom. The zero-order valence-electron chi connectivity index (χ0n) is 67.4. The van der Waals surface area contributed by atoms with Gasteiger partial charge in [0.2, 0.25) is 11.8 Å². The number of ether oxygens (including phenoxy) is 6. The third kappa shape index (κ3) is 29.3. The largest absolute Gasteiger partial charge is 0.493 e.